The molecule has 0 unspecified atom stereocenters. The molecule has 0 radical (unpaired) electrons. The third-order valence-corrected chi connectivity index (χ3v) is 3.99. The highest BCUT2D eigenvalue weighted by molar-refractivity contribution is 7.89. The van der Waals surface area contributed by atoms with Crippen LogP contribution in [0.2, 0.25) is 0 Å². The average molecular weight is 309 g/mol. The van der Waals surface area contributed by atoms with Crippen molar-refractivity contribution < 1.29 is 12.8 Å². The minimum Gasteiger partial charge on any atom is -0.397 e. The van der Waals surface area contributed by atoms with Gasteiger partial charge in [-0.05, 0) is 35.9 Å². The first kappa shape index (κ1) is 15.3. The number of halogens is 1. The molecule has 0 aliphatic rings. The first-order valence-electron chi connectivity index (χ1n) is 6.15. The number of hydrogen-bond acceptors (Lipinski definition) is 4. The number of anilines is 2. The van der Waals surface area contributed by atoms with Gasteiger partial charge in [0.1, 0.15) is 5.82 Å². The SMILES string of the molecule is CN(Cc1ccc(F)cc1)c1cc(S(N)(=O)=O)ccc1N. The smallest absolute Gasteiger partial charge is 0.238 e. The van der Waals surface area contributed by atoms with Crippen LogP contribution in [0.15, 0.2) is 47.4 Å². The van der Waals surface area contributed by atoms with E-state index in [1.807, 2.05) is 0 Å². The third-order valence-electron chi connectivity index (χ3n) is 3.07. The topological polar surface area (TPSA) is 89.4 Å². The molecule has 2 aromatic carbocycles. The third kappa shape index (κ3) is 3.71. The summed E-state index contributed by atoms with van der Waals surface area (Å²) in [7, 11) is -2.02. The lowest BCUT2D eigenvalue weighted by Crippen LogP contribution is -2.19. The van der Waals surface area contributed by atoms with Gasteiger partial charge in [0.15, 0.2) is 0 Å². The van der Waals surface area contributed by atoms with Crippen molar-refractivity contribution in [1.29, 1.82) is 0 Å². The standard InChI is InChI=1S/C14H16FN3O2S/c1-18(9-10-2-4-11(15)5-3-10)14-8-12(21(17,19)20)6-7-13(14)16/h2-8H,9,16H2,1H3,(H2,17,19,20). The molecule has 4 N–H and O–H groups in total. The van der Waals surface area contributed by atoms with Gasteiger partial charge >= 0.3 is 0 Å². The van der Waals surface area contributed by atoms with E-state index in [1.165, 1.54) is 30.3 Å². The van der Waals surface area contributed by atoms with E-state index in [1.54, 1.807) is 24.1 Å². The number of hydrogen-bond donors (Lipinski definition) is 2. The molecule has 0 aliphatic carbocycles. The zero-order chi connectivity index (χ0) is 15.6. The van der Waals surface area contributed by atoms with Crippen LogP contribution in [0.1, 0.15) is 5.56 Å². The molecule has 0 saturated heterocycles. The first-order valence-corrected chi connectivity index (χ1v) is 7.70. The van der Waals surface area contributed by atoms with Gasteiger partial charge in [-0.15, -0.1) is 0 Å². The minimum absolute atomic E-state index is 0.00217. The maximum absolute atomic E-state index is 12.9. The van der Waals surface area contributed by atoms with Crippen molar-refractivity contribution in [3.05, 3.63) is 53.8 Å². The molecule has 0 fully saturated rings. The molecule has 21 heavy (non-hydrogen) atoms. The summed E-state index contributed by atoms with van der Waals surface area (Å²) in [4.78, 5) is 1.77. The second-order valence-electron chi connectivity index (χ2n) is 4.75. The van der Waals surface area contributed by atoms with Gasteiger partial charge in [0, 0.05) is 13.6 Å². The summed E-state index contributed by atoms with van der Waals surface area (Å²) in [5, 5.41) is 5.12. The average Bonchev–Trinajstić information content (AvgIpc) is 2.40. The van der Waals surface area contributed by atoms with Gasteiger partial charge in [0.2, 0.25) is 10.0 Å². The number of primary sulfonamides is 1. The van der Waals surface area contributed by atoms with E-state index in [2.05, 4.69) is 0 Å². The molecule has 2 aromatic rings. The van der Waals surface area contributed by atoms with Crippen LogP contribution in [0.25, 0.3) is 0 Å². The van der Waals surface area contributed by atoms with E-state index >= 15 is 0 Å². The molecule has 7 heteroatoms. The summed E-state index contributed by atoms with van der Waals surface area (Å²) < 4.78 is 35.7. The highest BCUT2D eigenvalue weighted by atomic mass is 32.2. The van der Waals surface area contributed by atoms with E-state index in [0.717, 1.165) is 5.56 Å². The summed E-state index contributed by atoms with van der Waals surface area (Å²) in [6.07, 6.45) is 0. The quantitative estimate of drug-likeness (QED) is 0.841. The van der Waals surface area contributed by atoms with Crippen LogP contribution in [0, 0.1) is 5.82 Å². The maximum Gasteiger partial charge on any atom is 0.238 e. The second kappa shape index (κ2) is 5.71. The number of nitrogens with zero attached hydrogens (tertiary/aromatic N) is 1. The highest BCUT2D eigenvalue weighted by Gasteiger charge is 2.13. The van der Waals surface area contributed by atoms with E-state index in [-0.39, 0.29) is 10.7 Å². The Morgan fingerprint density at radius 1 is 1.14 bits per heavy atom. The Bertz CT molecular complexity index is 745. The first-order chi connectivity index (χ1) is 9.77. The van der Waals surface area contributed by atoms with Crippen LogP contribution in [-0.2, 0) is 16.6 Å². The fourth-order valence-electron chi connectivity index (χ4n) is 1.98. The largest absolute Gasteiger partial charge is 0.397 e. The Hall–Kier alpha value is -2.12. The van der Waals surface area contributed by atoms with Crippen molar-refractivity contribution in [1.82, 2.24) is 0 Å². The highest BCUT2D eigenvalue weighted by Crippen LogP contribution is 2.26. The molecule has 2 rings (SSSR count). The molecular weight excluding hydrogens is 293 g/mol. The number of sulfonamides is 1. The fourth-order valence-corrected chi connectivity index (χ4v) is 2.51. The summed E-state index contributed by atoms with van der Waals surface area (Å²) in [6.45, 7) is 0.457. The molecule has 0 bridgehead atoms. The molecule has 0 amide bonds. The molecule has 0 heterocycles. The van der Waals surface area contributed by atoms with Gasteiger partial charge in [-0.2, -0.15) is 0 Å². The van der Waals surface area contributed by atoms with Crippen LogP contribution in [0.5, 0.6) is 0 Å². The molecular formula is C14H16FN3O2S. The lowest BCUT2D eigenvalue weighted by atomic mass is 10.2. The summed E-state index contributed by atoms with van der Waals surface area (Å²) in [6, 6.07) is 10.3. The lowest BCUT2D eigenvalue weighted by molar-refractivity contribution is 0.598. The Kier molecular flexibility index (Phi) is 4.15. The summed E-state index contributed by atoms with van der Waals surface area (Å²) in [5.41, 5.74) is 7.73. The van der Waals surface area contributed by atoms with Gasteiger partial charge in [-0.1, -0.05) is 12.1 Å². The van der Waals surface area contributed by atoms with Gasteiger partial charge in [-0.3, -0.25) is 0 Å². The lowest BCUT2D eigenvalue weighted by Gasteiger charge is -2.21. The number of nitrogens with two attached hydrogens (primary N) is 2. The van der Waals surface area contributed by atoms with Crippen molar-refractivity contribution in [3.8, 4) is 0 Å². The zero-order valence-corrected chi connectivity index (χ0v) is 12.3. The number of nitrogen functional groups attached to an aromatic ring is 1. The normalized spacial score (nSPS) is 11.4. The predicted octanol–water partition coefficient (Wildman–Crippen LogP) is 1.69. The number of rotatable bonds is 4. The van der Waals surface area contributed by atoms with Crippen molar-refractivity contribution in [2.45, 2.75) is 11.4 Å². The molecule has 112 valence electrons. The molecule has 0 saturated carbocycles. The monoisotopic (exact) mass is 309 g/mol. The van der Waals surface area contributed by atoms with Gasteiger partial charge in [0.25, 0.3) is 0 Å². The van der Waals surface area contributed by atoms with Crippen LogP contribution in [0.4, 0.5) is 15.8 Å². The molecule has 0 spiro atoms. The minimum atomic E-state index is -3.79. The summed E-state index contributed by atoms with van der Waals surface area (Å²) >= 11 is 0. The molecule has 5 nitrogen and oxygen atoms in total. The molecule has 0 aromatic heterocycles. The van der Waals surface area contributed by atoms with E-state index in [4.69, 9.17) is 10.9 Å². The maximum atomic E-state index is 12.9. The van der Waals surface area contributed by atoms with Crippen LogP contribution in [0.3, 0.4) is 0 Å². The van der Waals surface area contributed by atoms with Crippen LogP contribution in [-0.4, -0.2) is 15.5 Å². The van der Waals surface area contributed by atoms with E-state index in [9.17, 15) is 12.8 Å². The van der Waals surface area contributed by atoms with Crippen molar-refractivity contribution in [2.75, 3.05) is 17.7 Å². The van der Waals surface area contributed by atoms with Crippen molar-refractivity contribution >= 4 is 21.4 Å². The molecule has 0 atom stereocenters. The Labute approximate surface area is 123 Å². The number of benzene rings is 2. The van der Waals surface area contributed by atoms with Crippen LogP contribution < -0.4 is 15.8 Å². The molecule has 0 aliphatic heterocycles. The van der Waals surface area contributed by atoms with Crippen LogP contribution >= 0.6 is 0 Å². The zero-order valence-electron chi connectivity index (χ0n) is 11.5. The Morgan fingerprint density at radius 2 is 1.76 bits per heavy atom. The van der Waals surface area contributed by atoms with Gasteiger partial charge < -0.3 is 10.6 Å². The van der Waals surface area contributed by atoms with E-state index < -0.39 is 10.0 Å². The van der Waals surface area contributed by atoms with Crippen molar-refractivity contribution in [2.24, 2.45) is 5.14 Å². The van der Waals surface area contributed by atoms with Crippen molar-refractivity contribution in [3.63, 3.8) is 0 Å². The van der Waals surface area contributed by atoms with Gasteiger partial charge in [0.05, 0.1) is 16.3 Å². The fraction of sp³-hybridized carbons (Fsp3) is 0.143. The van der Waals surface area contributed by atoms with E-state index in [0.29, 0.717) is 17.9 Å². The second-order valence-corrected chi connectivity index (χ2v) is 6.31. The summed E-state index contributed by atoms with van der Waals surface area (Å²) in [5.74, 6) is -0.308. The van der Waals surface area contributed by atoms with Gasteiger partial charge in [-0.25, -0.2) is 17.9 Å². The predicted molar refractivity (Wildman–Crippen MR) is 80.7 cm³/mol. The Balaban J connectivity index is 2.30. The Morgan fingerprint density at radius 3 is 2.33 bits per heavy atom.